The third kappa shape index (κ3) is 5.65. The number of benzene rings is 3. The number of para-hydroxylation sites is 1. The Labute approximate surface area is 187 Å². The highest BCUT2D eigenvalue weighted by Gasteiger charge is 2.15. The first kappa shape index (κ1) is 22.4. The minimum absolute atomic E-state index is 0.153. The molecule has 3 aromatic rings. The van der Waals surface area contributed by atoms with Crippen molar-refractivity contribution in [1.29, 1.82) is 0 Å². The summed E-state index contributed by atoms with van der Waals surface area (Å²) in [5.74, 6) is 1.19. The van der Waals surface area contributed by atoms with Crippen molar-refractivity contribution in [2.45, 2.75) is 11.8 Å². The Hall–Kier alpha value is -3.30. The number of sulfonamides is 1. The first-order chi connectivity index (χ1) is 14.8. The van der Waals surface area contributed by atoms with E-state index < -0.39 is 10.0 Å². The molecular weight excluding hydrogens is 434 g/mol. The van der Waals surface area contributed by atoms with Gasteiger partial charge in [0.2, 0.25) is 0 Å². The van der Waals surface area contributed by atoms with Crippen molar-refractivity contribution in [3.63, 3.8) is 0 Å². The summed E-state index contributed by atoms with van der Waals surface area (Å²) < 4.78 is 38.4. The molecule has 0 unspecified atom stereocenters. The highest BCUT2D eigenvalue weighted by atomic mass is 32.2. The van der Waals surface area contributed by atoms with Crippen molar-refractivity contribution in [3.05, 3.63) is 72.3 Å². The van der Waals surface area contributed by atoms with Crippen LogP contribution in [0.2, 0.25) is 0 Å². The van der Waals surface area contributed by atoms with Crippen molar-refractivity contribution in [3.8, 4) is 11.5 Å². The van der Waals surface area contributed by atoms with Crippen LogP contribution in [0.3, 0.4) is 0 Å². The maximum Gasteiger partial charge on any atom is 0.261 e. The fourth-order valence-electron chi connectivity index (χ4n) is 2.82. The van der Waals surface area contributed by atoms with Gasteiger partial charge in [0.05, 0.1) is 24.8 Å². The smallest absolute Gasteiger partial charge is 0.261 e. The number of nitrogens with one attached hydrogen (secondary N) is 3. The lowest BCUT2D eigenvalue weighted by Crippen LogP contribution is -2.19. The Bertz CT molecular complexity index is 1180. The fraction of sp³-hybridized carbons (Fsp3) is 0.136. The molecule has 3 rings (SSSR count). The zero-order valence-corrected chi connectivity index (χ0v) is 18.9. The van der Waals surface area contributed by atoms with Gasteiger partial charge in [-0.1, -0.05) is 18.2 Å². The number of thiocarbonyl (C=S) groups is 1. The maximum absolute atomic E-state index is 12.6. The maximum atomic E-state index is 12.6. The van der Waals surface area contributed by atoms with E-state index >= 15 is 0 Å². The summed E-state index contributed by atoms with van der Waals surface area (Å²) >= 11 is 5.34. The minimum Gasteiger partial charge on any atom is -0.493 e. The molecule has 0 saturated heterocycles. The van der Waals surface area contributed by atoms with E-state index in [-0.39, 0.29) is 4.90 Å². The van der Waals surface area contributed by atoms with E-state index in [0.717, 1.165) is 11.3 Å². The van der Waals surface area contributed by atoms with Gasteiger partial charge in [0, 0.05) is 17.4 Å². The molecule has 7 nitrogen and oxygen atoms in total. The number of hydrogen-bond acceptors (Lipinski definition) is 5. The highest BCUT2D eigenvalue weighted by molar-refractivity contribution is 7.92. The molecule has 0 bridgehead atoms. The van der Waals surface area contributed by atoms with E-state index in [9.17, 15) is 8.42 Å². The van der Waals surface area contributed by atoms with Crippen molar-refractivity contribution in [1.82, 2.24) is 0 Å². The molecule has 0 aliphatic heterocycles. The van der Waals surface area contributed by atoms with Crippen LogP contribution in [0, 0.1) is 6.92 Å². The van der Waals surface area contributed by atoms with Gasteiger partial charge in [0.15, 0.2) is 16.6 Å². The SMILES string of the molecule is COc1ccc(NC(=S)Nc2ccc(S(=O)(=O)Nc3ccccc3C)cc2)cc1OC. The van der Waals surface area contributed by atoms with Crippen LogP contribution in [0.1, 0.15) is 5.56 Å². The van der Waals surface area contributed by atoms with E-state index in [4.69, 9.17) is 21.7 Å². The number of ether oxygens (including phenoxy) is 2. The van der Waals surface area contributed by atoms with Gasteiger partial charge in [-0.15, -0.1) is 0 Å². The zero-order chi connectivity index (χ0) is 22.4. The van der Waals surface area contributed by atoms with Crippen molar-refractivity contribution in [2.24, 2.45) is 0 Å². The Kier molecular flexibility index (Phi) is 6.98. The molecule has 0 aliphatic rings. The van der Waals surface area contributed by atoms with Crippen LogP contribution in [0.25, 0.3) is 0 Å². The molecule has 0 spiro atoms. The molecule has 0 aliphatic carbocycles. The van der Waals surface area contributed by atoms with Gasteiger partial charge in [-0.05, 0) is 67.2 Å². The summed E-state index contributed by atoms with van der Waals surface area (Å²) in [5.41, 5.74) is 2.76. The van der Waals surface area contributed by atoms with Gasteiger partial charge in [-0.25, -0.2) is 8.42 Å². The summed E-state index contributed by atoms with van der Waals surface area (Å²) in [6.45, 7) is 1.84. The van der Waals surface area contributed by atoms with Crippen LogP contribution in [0.4, 0.5) is 17.1 Å². The molecular formula is C22H23N3O4S2. The topological polar surface area (TPSA) is 88.7 Å². The first-order valence-electron chi connectivity index (χ1n) is 9.31. The number of rotatable bonds is 7. The number of methoxy groups -OCH3 is 2. The molecule has 3 N–H and O–H groups in total. The minimum atomic E-state index is -3.70. The molecule has 0 atom stereocenters. The van der Waals surface area contributed by atoms with Crippen molar-refractivity contribution >= 4 is 44.4 Å². The Morgan fingerprint density at radius 1 is 0.839 bits per heavy atom. The molecule has 0 heterocycles. The lowest BCUT2D eigenvalue weighted by molar-refractivity contribution is 0.355. The van der Waals surface area contributed by atoms with Gasteiger partial charge in [-0.3, -0.25) is 4.72 Å². The quantitative estimate of drug-likeness (QED) is 0.446. The molecule has 0 aromatic heterocycles. The van der Waals surface area contributed by atoms with Gasteiger partial charge >= 0.3 is 0 Å². The molecule has 0 fully saturated rings. The normalized spacial score (nSPS) is 10.8. The largest absolute Gasteiger partial charge is 0.493 e. The molecule has 31 heavy (non-hydrogen) atoms. The van der Waals surface area contributed by atoms with E-state index in [2.05, 4.69) is 15.4 Å². The highest BCUT2D eigenvalue weighted by Crippen LogP contribution is 2.29. The Morgan fingerprint density at radius 3 is 2.10 bits per heavy atom. The zero-order valence-electron chi connectivity index (χ0n) is 17.3. The van der Waals surface area contributed by atoms with Gasteiger partial charge in [0.25, 0.3) is 10.0 Å². The summed E-state index contributed by atoms with van der Waals surface area (Å²) in [6.07, 6.45) is 0. The van der Waals surface area contributed by atoms with Crippen LogP contribution < -0.4 is 24.8 Å². The summed E-state index contributed by atoms with van der Waals surface area (Å²) in [7, 11) is -0.572. The monoisotopic (exact) mass is 457 g/mol. The summed E-state index contributed by atoms with van der Waals surface area (Å²) in [5, 5.41) is 6.43. The molecule has 0 amide bonds. The summed E-state index contributed by atoms with van der Waals surface area (Å²) in [4.78, 5) is 0.153. The lowest BCUT2D eigenvalue weighted by Gasteiger charge is -2.14. The van der Waals surface area contributed by atoms with Crippen LogP contribution in [0.5, 0.6) is 11.5 Å². The second-order valence-corrected chi connectivity index (χ2v) is 8.68. The van der Waals surface area contributed by atoms with E-state index in [1.54, 1.807) is 50.6 Å². The predicted molar refractivity (Wildman–Crippen MR) is 128 cm³/mol. The van der Waals surface area contributed by atoms with E-state index in [1.165, 1.54) is 12.1 Å². The number of hydrogen-bond donors (Lipinski definition) is 3. The Morgan fingerprint density at radius 2 is 1.45 bits per heavy atom. The Balaban J connectivity index is 1.66. The predicted octanol–water partition coefficient (Wildman–Crippen LogP) is 4.62. The van der Waals surface area contributed by atoms with Crippen LogP contribution in [-0.4, -0.2) is 27.7 Å². The second-order valence-electron chi connectivity index (χ2n) is 6.59. The van der Waals surface area contributed by atoms with Crippen molar-refractivity contribution < 1.29 is 17.9 Å². The van der Waals surface area contributed by atoms with E-state index in [0.29, 0.717) is 28.0 Å². The van der Waals surface area contributed by atoms with Gasteiger partial charge in [-0.2, -0.15) is 0 Å². The van der Waals surface area contributed by atoms with Crippen molar-refractivity contribution in [2.75, 3.05) is 29.6 Å². The molecule has 0 radical (unpaired) electrons. The van der Waals surface area contributed by atoms with Crippen LogP contribution in [-0.2, 0) is 10.0 Å². The lowest BCUT2D eigenvalue weighted by atomic mass is 10.2. The standard InChI is InChI=1S/C22H23N3O4S2/c1-15-6-4-5-7-19(15)25-31(26,27)18-11-8-16(9-12-18)23-22(30)24-17-10-13-20(28-2)21(14-17)29-3/h4-14,25H,1-3H3,(H2,23,24,30). The third-order valence-corrected chi connectivity index (χ3v) is 6.04. The molecule has 162 valence electrons. The van der Waals surface area contributed by atoms with Gasteiger partial charge < -0.3 is 20.1 Å². The molecule has 0 saturated carbocycles. The van der Waals surface area contributed by atoms with Gasteiger partial charge in [0.1, 0.15) is 0 Å². The fourth-order valence-corrected chi connectivity index (χ4v) is 4.18. The second kappa shape index (κ2) is 9.67. The van der Waals surface area contributed by atoms with E-state index in [1.807, 2.05) is 25.1 Å². The van der Waals surface area contributed by atoms with Crippen LogP contribution in [0.15, 0.2) is 71.6 Å². The molecule has 3 aromatic carbocycles. The third-order valence-electron chi connectivity index (χ3n) is 4.45. The number of aryl methyl sites for hydroxylation is 1. The molecule has 9 heteroatoms. The van der Waals surface area contributed by atoms with Crippen LogP contribution >= 0.6 is 12.2 Å². The summed E-state index contributed by atoms with van der Waals surface area (Å²) in [6, 6.07) is 18.9. The average Bonchev–Trinajstić information content (AvgIpc) is 2.75. The first-order valence-corrected chi connectivity index (χ1v) is 11.2. The number of anilines is 3. The average molecular weight is 458 g/mol.